The Bertz CT molecular complexity index is 1790. The first-order chi connectivity index (χ1) is 17.7. The van der Waals surface area contributed by atoms with Crippen molar-refractivity contribution in [2.45, 2.75) is 13.0 Å². The molecule has 4 heterocycles. The van der Waals surface area contributed by atoms with Gasteiger partial charge in [-0.15, -0.1) is 0 Å². The third-order valence-corrected chi connectivity index (χ3v) is 6.04. The van der Waals surface area contributed by atoms with Crippen LogP contribution in [0.25, 0.3) is 33.2 Å². The van der Waals surface area contributed by atoms with E-state index >= 15 is 0 Å². The van der Waals surface area contributed by atoms with Crippen molar-refractivity contribution < 1.29 is 4.74 Å². The number of aryl methyl sites for hydroxylation is 2. The fraction of sp³-hybridized carbons (Fsp3) is 0.111. The molecule has 9 heteroatoms. The van der Waals surface area contributed by atoms with Crippen LogP contribution in [0.5, 0.6) is 5.75 Å². The van der Waals surface area contributed by atoms with E-state index < -0.39 is 0 Å². The molecule has 0 bridgehead atoms. The van der Waals surface area contributed by atoms with E-state index in [1.165, 1.54) is 0 Å². The summed E-state index contributed by atoms with van der Waals surface area (Å²) in [5.74, 6) is 0.796. The molecule has 0 aliphatic carbocycles. The average molecular weight is 476 g/mol. The number of methoxy groups -OCH3 is 1. The quantitative estimate of drug-likeness (QED) is 0.340. The minimum absolute atomic E-state index is 0.180. The van der Waals surface area contributed by atoms with E-state index in [4.69, 9.17) is 14.7 Å². The zero-order chi connectivity index (χ0) is 24.5. The van der Waals surface area contributed by atoms with Crippen LogP contribution in [0.2, 0.25) is 0 Å². The molecule has 0 saturated heterocycles. The molecule has 0 aliphatic rings. The van der Waals surface area contributed by atoms with E-state index in [9.17, 15) is 4.79 Å². The molecule has 2 aromatic carbocycles. The van der Waals surface area contributed by atoms with Crippen molar-refractivity contribution in [3.05, 3.63) is 101 Å². The van der Waals surface area contributed by atoms with Gasteiger partial charge >= 0.3 is 0 Å². The maximum absolute atomic E-state index is 13.6. The first-order valence-corrected chi connectivity index (χ1v) is 11.4. The van der Waals surface area contributed by atoms with Gasteiger partial charge in [0, 0.05) is 18.9 Å². The van der Waals surface area contributed by atoms with Crippen LogP contribution >= 0.6 is 0 Å². The van der Waals surface area contributed by atoms with Gasteiger partial charge in [0.05, 0.1) is 30.7 Å². The van der Waals surface area contributed by atoms with Gasteiger partial charge in [-0.3, -0.25) is 14.3 Å². The summed E-state index contributed by atoms with van der Waals surface area (Å²) in [6.07, 6.45) is 7.31. The highest BCUT2D eigenvalue weighted by Crippen LogP contribution is 2.25. The number of hydrogen-bond donors (Lipinski definition) is 0. The molecule has 0 atom stereocenters. The molecule has 0 aliphatic heterocycles. The molecule has 4 aromatic heterocycles. The molecule has 0 spiro atoms. The van der Waals surface area contributed by atoms with E-state index in [0.717, 1.165) is 16.9 Å². The van der Waals surface area contributed by atoms with Crippen molar-refractivity contribution in [1.82, 2.24) is 29.2 Å². The average Bonchev–Trinajstić information content (AvgIpc) is 3.24. The van der Waals surface area contributed by atoms with Crippen LogP contribution in [0.15, 0.2) is 89.3 Å². The van der Waals surface area contributed by atoms with Gasteiger partial charge in [0.15, 0.2) is 11.3 Å². The van der Waals surface area contributed by atoms with Crippen LogP contribution in [-0.4, -0.2) is 42.5 Å². The summed E-state index contributed by atoms with van der Waals surface area (Å²) in [5, 5.41) is 5.01. The van der Waals surface area contributed by atoms with Crippen molar-refractivity contribution >= 4 is 39.4 Å². The highest BCUT2D eigenvalue weighted by molar-refractivity contribution is 6.04. The molecule has 36 heavy (non-hydrogen) atoms. The van der Waals surface area contributed by atoms with Gasteiger partial charge in [-0.25, -0.2) is 15.0 Å². The van der Waals surface area contributed by atoms with Gasteiger partial charge in [0.25, 0.3) is 5.56 Å². The molecule has 6 rings (SSSR count). The molecule has 0 radical (unpaired) electrons. The van der Waals surface area contributed by atoms with E-state index in [2.05, 4.69) is 15.1 Å². The lowest BCUT2D eigenvalue weighted by molar-refractivity contribution is 0.414. The molecule has 0 N–H and O–H groups in total. The standard InChI is InChI=1S/C27H21N7O2/c1-36-20-8-6-18(7-9-20)12-15-33-17-29-25-23(27(33)35)24-26(32-22-5-3-2-4-21(22)31-24)34(25)30-16-19-10-13-28-14-11-19/h2-11,13-14,16-17H,12,15H2,1H3/b30-16+. The van der Waals surface area contributed by atoms with Gasteiger partial charge in [-0.1, -0.05) is 24.3 Å². The van der Waals surface area contributed by atoms with Crippen LogP contribution in [0.4, 0.5) is 0 Å². The van der Waals surface area contributed by atoms with Crippen molar-refractivity contribution in [2.24, 2.45) is 5.10 Å². The predicted octanol–water partition coefficient (Wildman–Crippen LogP) is 3.82. The molecule has 176 valence electrons. The topological polar surface area (TPSA) is 100 Å². The zero-order valence-corrected chi connectivity index (χ0v) is 19.4. The van der Waals surface area contributed by atoms with Crippen molar-refractivity contribution in [1.29, 1.82) is 0 Å². The van der Waals surface area contributed by atoms with Gasteiger partial charge in [-0.2, -0.15) is 9.78 Å². The van der Waals surface area contributed by atoms with Crippen LogP contribution in [-0.2, 0) is 13.0 Å². The first-order valence-electron chi connectivity index (χ1n) is 11.4. The lowest BCUT2D eigenvalue weighted by Crippen LogP contribution is -2.21. The number of hydrogen-bond acceptors (Lipinski definition) is 7. The van der Waals surface area contributed by atoms with E-state index in [1.807, 2.05) is 60.7 Å². The fourth-order valence-electron chi connectivity index (χ4n) is 4.14. The molecular formula is C27H21N7O2. The van der Waals surface area contributed by atoms with Crippen LogP contribution in [0.3, 0.4) is 0 Å². The van der Waals surface area contributed by atoms with Gasteiger partial charge in [0.1, 0.15) is 16.7 Å². The molecule has 0 fully saturated rings. The summed E-state index contributed by atoms with van der Waals surface area (Å²) in [6, 6.07) is 19.1. The Morgan fingerprint density at radius 1 is 0.944 bits per heavy atom. The second-order valence-corrected chi connectivity index (χ2v) is 8.26. The van der Waals surface area contributed by atoms with E-state index in [1.54, 1.807) is 41.3 Å². The van der Waals surface area contributed by atoms with Gasteiger partial charge in [-0.05, 0) is 53.9 Å². The molecular weight excluding hydrogens is 454 g/mol. The molecule has 0 saturated carbocycles. The second-order valence-electron chi connectivity index (χ2n) is 8.26. The van der Waals surface area contributed by atoms with Crippen molar-refractivity contribution in [3.63, 3.8) is 0 Å². The largest absolute Gasteiger partial charge is 0.497 e. The Morgan fingerprint density at radius 2 is 1.69 bits per heavy atom. The van der Waals surface area contributed by atoms with E-state index in [-0.39, 0.29) is 5.56 Å². The highest BCUT2D eigenvalue weighted by Gasteiger charge is 2.19. The summed E-state index contributed by atoms with van der Waals surface area (Å²) in [5.41, 5.74) is 4.57. The lowest BCUT2D eigenvalue weighted by atomic mass is 10.1. The van der Waals surface area contributed by atoms with Crippen molar-refractivity contribution in [3.8, 4) is 5.75 Å². The Hall–Kier alpha value is -4.92. The number of pyridine rings is 1. The number of fused-ring (bicyclic) bond motifs is 4. The number of rotatable bonds is 6. The minimum Gasteiger partial charge on any atom is -0.497 e. The number of nitrogens with zero attached hydrogens (tertiary/aromatic N) is 7. The molecule has 6 aromatic rings. The van der Waals surface area contributed by atoms with Crippen LogP contribution in [0.1, 0.15) is 11.1 Å². The maximum atomic E-state index is 13.6. The zero-order valence-electron chi connectivity index (χ0n) is 19.4. The summed E-state index contributed by atoms with van der Waals surface area (Å²) in [6.45, 7) is 0.474. The Labute approximate surface area is 205 Å². The third-order valence-electron chi connectivity index (χ3n) is 6.04. The number of aromatic nitrogens is 6. The smallest absolute Gasteiger partial charge is 0.265 e. The number of ether oxygens (including phenoxy) is 1. The molecule has 0 amide bonds. The van der Waals surface area contributed by atoms with Crippen LogP contribution in [0, 0.1) is 0 Å². The highest BCUT2D eigenvalue weighted by atomic mass is 16.5. The normalized spacial score (nSPS) is 11.7. The first kappa shape index (κ1) is 21.6. The molecule has 0 unspecified atom stereocenters. The SMILES string of the molecule is COc1ccc(CCn2cnc3c(c2=O)c2nc4ccccc4nc2n3/N=C/c2ccncc2)cc1. The molecule has 9 nitrogen and oxygen atoms in total. The predicted molar refractivity (Wildman–Crippen MR) is 139 cm³/mol. The third kappa shape index (κ3) is 3.86. The number of para-hydroxylation sites is 2. The van der Waals surface area contributed by atoms with E-state index in [0.29, 0.717) is 46.2 Å². The Balaban J connectivity index is 1.49. The monoisotopic (exact) mass is 475 g/mol. The van der Waals surface area contributed by atoms with Crippen molar-refractivity contribution in [2.75, 3.05) is 7.11 Å². The summed E-state index contributed by atoms with van der Waals surface area (Å²) < 4.78 is 8.42. The lowest BCUT2D eigenvalue weighted by Gasteiger charge is -2.07. The Morgan fingerprint density at radius 3 is 2.44 bits per heavy atom. The Kier molecular flexibility index (Phi) is 5.42. The second kappa shape index (κ2) is 9.03. The summed E-state index contributed by atoms with van der Waals surface area (Å²) >= 11 is 0. The number of benzene rings is 2. The minimum atomic E-state index is -0.180. The van der Waals surface area contributed by atoms with Crippen LogP contribution < -0.4 is 10.3 Å². The maximum Gasteiger partial charge on any atom is 0.265 e. The van der Waals surface area contributed by atoms with Gasteiger partial charge in [0.2, 0.25) is 0 Å². The van der Waals surface area contributed by atoms with Gasteiger partial charge < -0.3 is 4.74 Å². The summed E-state index contributed by atoms with van der Waals surface area (Å²) in [4.78, 5) is 31.9. The summed E-state index contributed by atoms with van der Waals surface area (Å²) in [7, 11) is 1.64. The fourth-order valence-corrected chi connectivity index (χ4v) is 4.14.